The maximum absolute atomic E-state index is 12.5. The minimum absolute atomic E-state index is 0.253. The fourth-order valence-corrected chi connectivity index (χ4v) is 2.74. The first kappa shape index (κ1) is 11.1. The molecule has 1 fully saturated rings. The molecule has 1 aliphatic rings. The molecule has 2 nitrogen and oxygen atoms in total. The first-order valence-corrected chi connectivity index (χ1v) is 6.21. The summed E-state index contributed by atoms with van der Waals surface area (Å²) >= 11 is 0. The van der Waals surface area contributed by atoms with Crippen molar-refractivity contribution in [2.45, 2.75) is 31.7 Å². The molecule has 13 heavy (non-hydrogen) atoms. The number of hydrogen-bond donors (Lipinski definition) is 0. The van der Waals surface area contributed by atoms with E-state index in [0.29, 0.717) is 6.42 Å². The molecule has 0 saturated carbocycles. The third-order valence-electron chi connectivity index (χ3n) is 2.42. The quantitative estimate of drug-likeness (QED) is 0.693. The predicted molar refractivity (Wildman–Crippen MR) is 54.1 cm³/mol. The summed E-state index contributed by atoms with van der Waals surface area (Å²) in [6.45, 7) is 6.12. The van der Waals surface area contributed by atoms with E-state index in [1.807, 2.05) is 6.92 Å². The van der Waals surface area contributed by atoms with Crippen molar-refractivity contribution in [1.82, 2.24) is 4.90 Å². The third kappa shape index (κ3) is 3.73. The number of rotatable bonds is 3. The molecule has 0 aromatic carbocycles. The second-order valence-electron chi connectivity index (χ2n) is 3.77. The highest BCUT2D eigenvalue weighted by Crippen LogP contribution is 2.09. The Kier molecular flexibility index (Phi) is 4.32. The molecule has 1 saturated heterocycles. The molecule has 4 heteroatoms. The lowest BCUT2D eigenvalue weighted by atomic mass is 10.2. The Morgan fingerprint density at radius 1 is 1.69 bits per heavy atom. The van der Waals surface area contributed by atoms with Crippen LogP contribution in [0.5, 0.6) is 0 Å². The van der Waals surface area contributed by atoms with Crippen LogP contribution in [-0.2, 0) is 10.8 Å². The number of hydrogen-bond acceptors (Lipinski definition) is 2. The Labute approximate surface area is 82.0 Å². The molecule has 0 aromatic heterocycles. The molecule has 0 N–H and O–H groups in total. The van der Waals surface area contributed by atoms with Gasteiger partial charge in [0.15, 0.2) is 0 Å². The molecule has 78 valence electrons. The van der Waals surface area contributed by atoms with Crippen molar-refractivity contribution in [2.75, 3.05) is 25.4 Å². The van der Waals surface area contributed by atoms with Gasteiger partial charge in [0.2, 0.25) is 0 Å². The zero-order valence-corrected chi connectivity index (χ0v) is 9.15. The van der Waals surface area contributed by atoms with Crippen molar-refractivity contribution in [2.24, 2.45) is 0 Å². The first-order valence-electron chi connectivity index (χ1n) is 4.83. The summed E-state index contributed by atoms with van der Waals surface area (Å²) in [4.78, 5) is 2.21. The van der Waals surface area contributed by atoms with Gasteiger partial charge in [-0.2, -0.15) is 0 Å². The smallest absolute Gasteiger partial charge is 0.0985 e. The van der Waals surface area contributed by atoms with Crippen molar-refractivity contribution >= 4 is 10.8 Å². The second-order valence-corrected chi connectivity index (χ2v) is 5.74. The molecule has 0 spiro atoms. The van der Waals surface area contributed by atoms with Gasteiger partial charge in [-0.05, 0) is 20.3 Å². The molecule has 0 radical (unpaired) electrons. The van der Waals surface area contributed by atoms with Crippen LogP contribution >= 0.6 is 0 Å². The van der Waals surface area contributed by atoms with Crippen LogP contribution in [0.15, 0.2) is 0 Å². The molecular formula is C9H18FNOS. The van der Waals surface area contributed by atoms with E-state index in [0.717, 1.165) is 25.4 Å². The molecule has 0 bridgehead atoms. The van der Waals surface area contributed by atoms with Gasteiger partial charge in [-0.3, -0.25) is 4.21 Å². The van der Waals surface area contributed by atoms with Crippen LogP contribution < -0.4 is 0 Å². The van der Waals surface area contributed by atoms with Gasteiger partial charge in [0.05, 0.1) is 6.17 Å². The Morgan fingerprint density at radius 2 is 2.38 bits per heavy atom. The summed E-state index contributed by atoms with van der Waals surface area (Å²) in [6, 6.07) is 0. The second kappa shape index (κ2) is 5.05. The van der Waals surface area contributed by atoms with Crippen molar-refractivity contribution in [3.63, 3.8) is 0 Å². The maximum atomic E-state index is 12.5. The molecule has 0 amide bonds. The summed E-state index contributed by atoms with van der Waals surface area (Å²) in [5.41, 5.74) is 0. The van der Waals surface area contributed by atoms with Crippen LogP contribution in [-0.4, -0.2) is 45.9 Å². The predicted octanol–water partition coefficient (Wildman–Crippen LogP) is 1.19. The zero-order chi connectivity index (χ0) is 9.84. The maximum Gasteiger partial charge on any atom is 0.0985 e. The highest BCUT2D eigenvalue weighted by atomic mass is 32.2. The Balaban J connectivity index is 2.25. The van der Waals surface area contributed by atoms with Gasteiger partial charge in [-0.25, -0.2) is 4.39 Å². The average Bonchev–Trinajstić information content (AvgIpc) is 2.07. The van der Waals surface area contributed by atoms with E-state index in [2.05, 4.69) is 4.90 Å². The standard InChI is InChI=1S/C9H18FNOS/c1-8(10)3-4-11-5-6-13(12)9(2)7-11/h8-9H,3-7H2,1-2H3. The van der Waals surface area contributed by atoms with Gasteiger partial charge in [0.25, 0.3) is 0 Å². The molecular weight excluding hydrogens is 189 g/mol. The van der Waals surface area contributed by atoms with Gasteiger partial charge < -0.3 is 4.90 Å². The van der Waals surface area contributed by atoms with Gasteiger partial charge in [0.1, 0.15) is 0 Å². The van der Waals surface area contributed by atoms with E-state index in [9.17, 15) is 8.60 Å². The Bertz CT molecular complexity index is 186. The first-order chi connectivity index (χ1) is 6.09. The van der Waals surface area contributed by atoms with Gasteiger partial charge >= 0.3 is 0 Å². The van der Waals surface area contributed by atoms with Crippen molar-refractivity contribution in [3.8, 4) is 0 Å². The van der Waals surface area contributed by atoms with E-state index >= 15 is 0 Å². The monoisotopic (exact) mass is 207 g/mol. The third-order valence-corrected chi connectivity index (χ3v) is 4.05. The Hall–Kier alpha value is 0.0400. The van der Waals surface area contributed by atoms with Gasteiger partial charge in [0, 0.05) is 41.4 Å². The summed E-state index contributed by atoms with van der Waals surface area (Å²) in [5, 5.41) is 0.253. The topological polar surface area (TPSA) is 20.3 Å². The van der Waals surface area contributed by atoms with Crippen LogP contribution in [0.2, 0.25) is 0 Å². The minimum Gasteiger partial charge on any atom is -0.301 e. The fraction of sp³-hybridized carbons (Fsp3) is 1.00. The molecule has 1 heterocycles. The summed E-state index contributed by atoms with van der Waals surface area (Å²) < 4.78 is 23.8. The minimum atomic E-state index is -0.720. The summed E-state index contributed by atoms with van der Waals surface area (Å²) in [7, 11) is -0.655. The van der Waals surface area contributed by atoms with Crippen LogP contribution in [0, 0.1) is 0 Å². The molecule has 3 unspecified atom stereocenters. The molecule has 3 atom stereocenters. The lowest BCUT2D eigenvalue weighted by Gasteiger charge is -2.30. The van der Waals surface area contributed by atoms with Crippen molar-refractivity contribution in [3.05, 3.63) is 0 Å². The Morgan fingerprint density at radius 3 is 2.92 bits per heavy atom. The average molecular weight is 207 g/mol. The van der Waals surface area contributed by atoms with E-state index in [1.54, 1.807) is 6.92 Å². The normalized spacial score (nSPS) is 33.2. The molecule has 0 aliphatic carbocycles. The van der Waals surface area contributed by atoms with Crippen LogP contribution in [0.4, 0.5) is 4.39 Å². The lowest BCUT2D eigenvalue weighted by Crippen LogP contribution is -2.43. The van der Waals surface area contributed by atoms with Crippen molar-refractivity contribution in [1.29, 1.82) is 0 Å². The number of alkyl halides is 1. The molecule has 0 aromatic rings. The van der Waals surface area contributed by atoms with E-state index in [4.69, 9.17) is 0 Å². The van der Waals surface area contributed by atoms with Crippen LogP contribution in [0.1, 0.15) is 20.3 Å². The highest BCUT2D eigenvalue weighted by Gasteiger charge is 2.21. The van der Waals surface area contributed by atoms with E-state index < -0.39 is 17.0 Å². The van der Waals surface area contributed by atoms with Crippen LogP contribution in [0.3, 0.4) is 0 Å². The van der Waals surface area contributed by atoms with E-state index in [-0.39, 0.29) is 5.25 Å². The highest BCUT2D eigenvalue weighted by molar-refractivity contribution is 7.85. The van der Waals surface area contributed by atoms with Gasteiger partial charge in [-0.1, -0.05) is 0 Å². The van der Waals surface area contributed by atoms with Gasteiger partial charge in [-0.15, -0.1) is 0 Å². The largest absolute Gasteiger partial charge is 0.301 e. The zero-order valence-electron chi connectivity index (χ0n) is 8.33. The SMILES string of the molecule is CC(F)CCN1CCS(=O)C(C)C1. The van der Waals surface area contributed by atoms with E-state index in [1.165, 1.54) is 0 Å². The summed E-state index contributed by atoms with van der Waals surface area (Å²) in [6.07, 6.45) is -0.123. The lowest BCUT2D eigenvalue weighted by molar-refractivity contribution is 0.237. The van der Waals surface area contributed by atoms with Crippen molar-refractivity contribution < 1.29 is 8.60 Å². The summed E-state index contributed by atoms with van der Waals surface area (Å²) in [5.74, 6) is 0.752. The number of halogens is 1. The van der Waals surface area contributed by atoms with Crippen LogP contribution in [0.25, 0.3) is 0 Å². The molecule has 1 rings (SSSR count). The molecule has 1 aliphatic heterocycles. The fourth-order valence-electron chi connectivity index (χ4n) is 1.52. The number of nitrogens with zero attached hydrogens (tertiary/aromatic N) is 1.